The molecule has 2 amide bonds. The fourth-order valence-corrected chi connectivity index (χ4v) is 4.31. The molecule has 1 aromatic rings. The molecular formula is C18H28N6O5S. The molecule has 30 heavy (non-hydrogen) atoms. The van der Waals surface area contributed by atoms with Gasteiger partial charge in [0, 0.05) is 51.6 Å². The number of carbonyl (C=O) groups is 2. The van der Waals surface area contributed by atoms with E-state index in [0.717, 1.165) is 23.8 Å². The highest BCUT2D eigenvalue weighted by Crippen LogP contribution is 2.17. The second-order valence-corrected chi connectivity index (χ2v) is 9.12. The summed E-state index contributed by atoms with van der Waals surface area (Å²) in [5.74, 6) is 1.13. The number of sulfonamides is 1. The fraction of sp³-hybridized carbons (Fsp3) is 0.667. The third-order valence-corrected chi connectivity index (χ3v) is 6.24. The molecule has 2 saturated heterocycles. The van der Waals surface area contributed by atoms with Crippen molar-refractivity contribution in [2.24, 2.45) is 0 Å². The van der Waals surface area contributed by atoms with Gasteiger partial charge in [-0.25, -0.2) is 23.1 Å². The monoisotopic (exact) mass is 440 g/mol. The summed E-state index contributed by atoms with van der Waals surface area (Å²) in [4.78, 5) is 35.5. The molecule has 0 radical (unpaired) electrons. The number of hydrogen-bond donors (Lipinski definition) is 2. The van der Waals surface area contributed by atoms with Crippen LogP contribution < -0.4 is 14.9 Å². The maximum atomic E-state index is 12.2. The number of aryl methyl sites for hydroxylation is 1. The van der Waals surface area contributed by atoms with Gasteiger partial charge in [0.25, 0.3) is 0 Å². The van der Waals surface area contributed by atoms with Crippen LogP contribution in [0, 0.1) is 6.92 Å². The van der Waals surface area contributed by atoms with Gasteiger partial charge in [0.2, 0.25) is 21.8 Å². The third-order valence-electron chi connectivity index (χ3n) is 4.88. The zero-order valence-electron chi connectivity index (χ0n) is 17.1. The van der Waals surface area contributed by atoms with Gasteiger partial charge in [0.15, 0.2) is 0 Å². The van der Waals surface area contributed by atoms with E-state index >= 15 is 0 Å². The molecule has 0 spiro atoms. The molecule has 0 atom stereocenters. The molecule has 11 nitrogen and oxygen atoms in total. The van der Waals surface area contributed by atoms with Crippen molar-refractivity contribution >= 4 is 33.5 Å². The van der Waals surface area contributed by atoms with Crippen molar-refractivity contribution in [3.8, 4) is 0 Å². The zero-order chi connectivity index (χ0) is 21.6. The number of nitrogens with zero attached hydrogens (tertiary/aromatic N) is 4. The number of likely N-dealkylation sites (tertiary alicyclic amines) is 1. The normalized spacial score (nSPS) is 18.0. The van der Waals surface area contributed by atoms with E-state index in [-0.39, 0.29) is 43.5 Å². The van der Waals surface area contributed by atoms with E-state index in [0.29, 0.717) is 37.8 Å². The van der Waals surface area contributed by atoms with Crippen LogP contribution in [0.15, 0.2) is 6.07 Å². The molecule has 2 fully saturated rings. The molecule has 3 rings (SSSR count). The van der Waals surface area contributed by atoms with E-state index in [4.69, 9.17) is 4.74 Å². The third kappa shape index (κ3) is 6.34. The van der Waals surface area contributed by atoms with Crippen molar-refractivity contribution in [3.63, 3.8) is 0 Å². The number of aromatic nitrogens is 2. The van der Waals surface area contributed by atoms with Gasteiger partial charge in [-0.2, -0.15) is 0 Å². The average molecular weight is 441 g/mol. The molecule has 0 aliphatic carbocycles. The Morgan fingerprint density at radius 2 is 1.80 bits per heavy atom. The lowest BCUT2D eigenvalue weighted by atomic mass is 10.1. The van der Waals surface area contributed by atoms with Crippen LogP contribution in [0.5, 0.6) is 0 Å². The maximum absolute atomic E-state index is 12.2. The molecule has 166 valence electrons. The highest BCUT2D eigenvalue weighted by molar-refractivity contribution is 7.89. The standard InChI is InChI=1S/C18H28N6O5S/c1-14-21-15(13-16(22-14)23-7-10-29-11-8-23)19-5-6-20-30(27,28)12-9-24-17(25)3-2-4-18(24)26/h13,20H,2-12H2,1H3,(H,19,21,22). The molecule has 0 saturated carbocycles. The lowest BCUT2D eigenvalue weighted by Crippen LogP contribution is -2.44. The molecule has 0 aromatic carbocycles. The maximum Gasteiger partial charge on any atom is 0.229 e. The molecule has 3 heterocycles. The summed E-state index contributed by atoms with van der Waals surface area (Å²) >= 11 is 0. The van der Waals surface area contributed by atoms with Crippen molar-refractivity contribution in [1.82, 2.24) is 19.6 Å². The van der Waals surface area contributed by atoms with Crippen LogP contribution in [-0.4, -0.2) is 86.8 Å². The van der Waals surface area contributed by atoms with Gasteiger partial charge in [-0.15, -0.1) is 0 Å². The summed E-state index contributed by atoms with van der Waals surface area (Å²) < 4.78 is 32.2. The Kier molecular flexibility index (Phi) is 7.56. The Morgan fingerprint density at radius 1 is 1.10 bits per heavy atom. The quantitative estimate of drug-likeness (QED) is 0.385. The first-order valence-electron chi connectivity index (χ1n) is 10.1. The van der Waals surface area contributed by atoms with Crippen LogP contribution in [0.3, 0.4) is 0 Å². The SMILES string of the molecule is Cc1nc(NCCNS(=O)(=O)CCN2C(=O)CCCC2=O)cc(N2CCOCC2)n1. The lowest BCUT2D eigenvalue weighted by molar-refractivity contribution is -0.147. The van der Waals surface area contributed by atoms with E-state index in [1.54, 1.807) is 6.92 Å². The summed E-state index contributed by atoms with van der Waals surface area (Å²) in [6, 6.07) is 1.83. The Labute approximate surface area is 176 Å². The van der Waals surface area contributed by atoms with Gasteiger partial charge in [-0.05, 0) is 13.3 Å². The van der Waals surface area contributed by atoms with Crippen molar-refractivity contribution < 1.29 is 22.7 Å². The van der Waals surface area contributed by atoms with Gasteiger partial charge in [0.05, 0.1) is 19.0 Å². The van der Waals surface area contributed by atoms with Crippen LogP contribution in [0.25, 0.3) is 0 Å². The number of morpholine rings is 1. The number of carbonyl (C=O) groups excluding carboxylic acids is 2. The smallest absolute Gasteiger partial charge is 0.229 e. The van der Waals surface area contributed by atoms with Crippen LogP contribution >= 0.6 is 0 Å². The Bertz CT molecular complexity index is 856. The molecule has 2 N–H and O–H groups in total. The van der Waals surface area contributed by atoms with Crippen LogP contribution in [0.2, 0.25) is 0 Å². The fourth-order valence-electron chi connectivity index (χ4n) is 3.33. The number of nitrogens with one attached hydrogen (secondary N) is 2. The predicted molar refractivity (Wildman–Crippen MR) is 111 cm³/mol. The summed E-state index contributed by atoms with van der Waals surface area (Å²) in [7, 11) is -3.61. The first kappa shape index (κ1) is 22.4. The van der Waals surface area contributed by atoms with Gasteiger partial charge >= 0.3 is 0 Å². The van der Waals surface area contributed by atoms with Crippen LogP contribution in [0.1, 0.15) is 25.1 Å². The van der Waals surface area contributed by atoms with Crippen molar-refractivity contribution in [2.45, 2.75) is 26.2 Å². The van der Waals surface area contributed by atoms with E-state index in [1.165, 1.54) is 0 Å². The molecule has 0 bridgehead atoms. The molecular weight excluding hydrogens is 412 g/mol. The molecule has 12 heteroatoms. The van der Waals surface area contributed by atoms with Crippen molar-refractivity contribution in [2.75, 3.05) is 61.9 Å². The summed E-state index contributed by atoms with van der Waals surface area (Å²) in [6.07, 6.45) is 1.10. The van der Waals surface area contributed by atoms with Crippen molar-refractivity contribution in [3.05, 3.63) is 11.9 Å². The minimum atomic E-state index is -3.61. The van der Waals surface area contributed by atoms with Crippen molar-refractivity contribution in [1.29, 1.82) is 0 Å². The lowest BCUT2D eigenvalue weighted by Gasteiger charge is -2.28. The largest absolute Gasteiger partial charge is 0.378 e. The topological polar surface area (TPSA) is 134 Å². The molecule has 2 aliphatic rings. The predicted octanol–water partition coefficient (Wildman–Crippen LogP) is -0.508. The zero-order valence-corrected chi connectivity index (χ0v) is 17.9. The first-order chi connectivity index (χ1) is 14.3. The van der Waals surface area contributed by atoms with E-state index < -0.39 is 10.0 Å². The Balaban J connectivity index is 1.45. The highest BCUT2D eigenvalue weighted by atomic mass is 32.2. The van der Waals surface area contributed by atoms with Crippen LogP contribution in [-0.2, 0) is 24.3 Å². The number of imide groups is 1. The summed E-state index contributed by atoms with van der Waals surface area (Å²) in [5.41, 5.74) is 0. The number of piperidine rings is 1. The number of hydrogen-bond acceptors (Lipinski definition) is 9. The number of anilines is 2. The van der Waals surface area contributed by atoms with Gasteiger partial charge in [-0.1, -0.05) is 0 Å². The Morgan fingerprint density at radius 3 is 2.50 bits per heavy atom. The van der Waals surface area contributed by atoms with Gasteiger partial charge in [0.1, 0.15) is 17.5 Å². The van der Waals surface area contributed by atoms with E-state index in [1.807, 2.05) is 6.07 Å². The average Bonchev–Trinajstić information content (AvgIpc) is 2.71. The van der Waals surface area contributed by atoms with E-state index in [9.17, 15) is 18.0 Å². The van der Waals surface area contributed by atoms with Crippen LogP contribution in [0.4, 0.5) is 11.6 Å². The molecule has 2 aliphatic heterocycles. The summed E-state index contributed by atoms with van der Waals surface area (Å²) in [5, 5.41) is 3.10. The summed E-state index contributed by atoms with van der Waals surface area (Å²) in [6.45, 7) is 5.01. The van der Waals surface area contributed by atoms with Gasteiger partial charge < -0.3 is 15.0 Å². The molecule has 1 aromatic heterocycles. The second kappa shape index (κ2) is 10.1. The van der Waals surface area contributed by atoms with Gasteiger partial charge in [-0.3, -0.25) is 14.5 Å². The number of ether oxygens (including phenoxy) is 1. The molecule has 0 unspecified atom stereocenters. The minimum Gasteiger partial charge on any atom is -0.378 e. The Hall–Kier alpha value is -2.31. The second-order valence-electron chi connectivity index (χ2n) is 7.19. The number of amides is 2. The first-order valence-corrected chi connectivity index (χ1v) is 11.7. The van der Waals surface area contributed by atoms with E-state index in [2.05, 4.69) is 24.9 Å². The number of rotatable bonds is 9. The minimum absolute atomic E-state index is 0.117. The highest BCUT2D eigenvalue weighted by Gasteiger charge is 2.27.